The molecule has 0 aliphatic carbocycles. The Morgan fingerprint density at radius 2 is 2.12 bits per heavy atom. The molecular formula is C14H20ClN. The molecule has 88 valence electrons. The molecule has 1 N–H and O–H groups in total. The third-order valence-electron chi connectivity index (χ3n) is 2.57. The summed E-state index contributed by atoms with van der Waals surface area (Å²) >= 11 is 6.15. The molecule has 0 radical (unpaired) electrons. The van der Waals surface area contributed by atoms with Crippen LogP contribution in [0.2, 0.25) is 5.02 Å². The van der Waals surface area contributed by atoms with E-state index in [-0.39, 0.29) is 6.04 Å². The van der Waals surface area contributed by atoms with Crippen LogP contribution in [0, 0.1) is 6.92 Å². The minimum absolute atomic E-state index is 0.258. The summed E-state index contributed by atoms with van der Waals surface area (Å²) in [6.07, 6.45) is 2.24. The monoisotopic (exact) mass is 237 g/mol. The Hall–Kier alpha value is -0.790. The standard InChI is InChI=1S/C14H20ClN/c1-5-16-14(9-10(2)3)12-7-6-8-13(15)11(12)4/h6-9,14,16H,5H2,1-4H3. The normalized spacial score (nSPS) is 12.3. The molecule has 0 heterocycles. The predicted molar refractivity (Wildman–Crippen MR) is 72.0 cm³/mol. The number of allylic oxidation sites excluding steroid dienone is 1. The zero-order valence-electron chi connectivity index (χ0n) is 10.5. The first-order valence-corrected chi connectivity index (χ1v) is 6.07. The van der Waals surface area contributed by atoms with E-state index >= 15 is 0 Å². The summed E-state index contributed by atoms with van der Waals surface area (Å²) in [7, 11) is 0. The number of hydrogen-bond donors (Lipinski definition) is 1. The lowest BCUT2D eigenvalue weighted by molar-refractivity contribution is 0.642. The van der Waals surface area contributed by atoms with Gasteiger partial charge in [-0.25, -0.2) is 0 Å². The van der Waals surface area contributed by atoms with Crippen LogP contribution in [0.25, 0.3) is 0 Å². The molecule has 1 atom stereocenters. The van der Waals surface area contributed by atoms with Crippen molar-refractivity contribution in [2.24, 2.45) is 0 Å². The van der Waals surface area contributed by atoms with E-state index in [1.165, 1.54) is 11.1 Å². The van der Waals surface area contributed by atoms with Gasteiger partial charge in [-0.15, -0.1) is 0 Å². The third-order valence-corrected chi connectivity index (χ3v) is 2.98. The highest BCUT2D eigenvalue weighted by Gasteiger charge is 2.11. The summed E-state index contributed by atoms with van der Waals surface area (Å²) < 4.78 is 0. The van der Waals surface area contributed by atoms with Gasteiger partial charge in [-0.3, -0.25) is 0 Å². The van der Waals surface area contributed by atoms with E-state index in [1.54, 1.807) is 0 Å². The number of hydrogen-bond acceptors (Lipinski definition) is 1. The summed E-state index contributed by atoms with van der Waals surface area (Å²) in [6, 6.07) is 6.34. The Kier molecular flexibility index (Phi) is 5.04. The summed E-state index contributed by atoms with van der Waals surface area (Å²) in [5, 5.41) is 4.30. The zero-order chi connectivity index (χ0) is 12.1. The molecule has 1 unspecified atom stereocenters. The van der Waals surface area contributed by atoms with Crippen molar-refractivity contribution >= 4 is 11.6 Å². The molecule has 0 amide bonds. The van der Waals surface area contributed by atoms with E-state index in [0.29, 0.717) is 0 Å². The molecular weight excluding hydrogens is 218 g/mol. The molecule has 0 saturated carbocycles. The van der Waals surface area contributed by atoms with Gasteiger partial charge in [-0.1, -0.05) is 42.3 Å². The molecule has 0 spiro atoms. The van der Waals surface area contributed by atoms with Crippen LogP contribution < -0.4 is 5.32 Å². The van der Waals surface area contributed by atoms with Gasteiger partial charge in [0.2, 0.25) is 0 Å². The molecule has 16 heavy (non-hydrogen) atoms. The fraction of sp³-hybridized carbons (Fsp3) is 0.429. The molecule has 1 aromatic carbocycles. The lowest BCUT2D eigenvalue weighted by Crippen LogP contribution is -2.20. The third kappa shape index (κ3) is 3.36. The summed E-state index contributed by atoms with van der Waals surface area (Å²) in [5.41, 5.74) is 3.73. The van der Waals surface area contributed by atoms with Gasteiger partial charge in [0.05, 0.1) is 6.04 Å². The van der Waals surface area contributed by atoms with Crippen LogP contribution in [0.1, 0.15) is 37.9 Å². The lowest BCUT2D eigenvalue weighted by Gasteiger charge is -2.18. The number of benzene rings is 1. The Labute approximate surface area is 104 Å². The van der Waals surface area contributed by atoms with Gasteiger partial charge < -0.3 is 5.32 Å². The molecule has 0 bridgehead atoms. The first-order chi connectivity index (χ1) is 7.56. The van der Waals surface area contributed by atoms with E-state index in [0.717, 1.165) is 17.1 Å². The first kappa shape index (κ1) is 13.3. The van der Waals surface area contributed by atoms with Gasteiger partial charge in [0.1, 0.15) is 0 Å². The maximum atomic E-state index is 6.15. The average molecular weight is 238 g/mol. The summed E-state index contributed by atoms with van der Waals surface area (Å²) in [5.74, 6) is 0. The largest absolute Gasteiger partial charge is 0.307 e. The summed E-state index contributed by atoms with van der Waals surface area (Å²) in [4.78, 5) is 0. The molecule has 0 fully saturated rings. The van der Waals surface area contributed by atoms with E-state index in [4.69, 9.17) is 11.6 Å². The summed E-state index contributed by atoms with van der Waals surface area (Å²) in [6.45, 7) is 9.36. The van der Waals surface area contributed by atoms with Crippen LogP contribution in [-0.4, -0.2) is 6.54 Å². The van der Waals surface area contributed by atoms with Crippen LogP contribution >= 0.6 is 11.6 Å². The van der Waals surface area contributed by atoms with Crippen LogP contribution in [0.4, 0.5) is 0 Å². The quantitative estimate of drug-likeness (QED) is 0.772. The maximum Gasteiger partial charge on any atom is 0.0511 e. The molecule has 0 saturated heterocycles. The highest BCUT2D eigenvalue weighted by molar-refractivity contribution is 6.31. The Balaban J connectivity index is 3.10. The topological polar surface area (TPSA) is 12.0 Å². The van der Waals surface area contributed by atoms with Crippen molar-refractivity contribution in [1.82, 2.24) is 5.32 Å². The molecule has 1 nitrogen and oxygen atoms in total. The van der Waals surface area contributed by atoms with Gasteiger partial charge in [0.15, 0.2) is 0 Å². The lowest BCUT2D eigenvalue weighted by atomic mass is 9.99. The van der Waals surface area contributed by atoms with Crippen molar-refractivity contribution in [3.05, 3.63) is 46.0 Å². The van der Waals surface area contributed by atoms with E-state index in [2.05, 4.69) is 45.2 Å². The second-order valence-corrected chi connectivity index (χ2v) is 4.64. The predicted octanol–water partition coefficient (Wildman–Crippen LogP) is 4.27. The van der Waals surface area contributed by atoms with Crippen molar-refractivity contribution in [3.8, 4) is 0 Å². The molecule has 0 aliphatic rings. The van der Waals surface area contributed by atoms with Crippen molar-refractivity contribution in [2.75, 3.05) is 6.54 Å². The first-order valence-electron chi connectivity index (χ1n) is 5.69. The number of nitrogens with one attached hydrogen (secondary N) is 1. The highest BCUT2D eigenvalue weighted by atomic mass is 35.5. The smallest absolute Gasteiger partial charge is 0.0511 e. The van der Waals surface area contributed by atoms with Gasteiger partial charge in [0.25, 0.3) is 0 Å². The van der Waals surface area contributed by atoms with E-state index in [9.17, 15) is 0 Å². The highest BCUT2D eigenvalue weighted by Crippen LogP contribution is 2.25. The minimum Gasteiger partial charge on any atom is -0.307 e. The average Bonchev–Trinajstić information content (AvgIpc) is 2.21. The van der Waals surface area contributed by atoms with Crippen molar-refractivity contribution in [1.29, 1.82) is 0 Å². The van der Waals surface area contributed by atoms with E-state index in [1.807, 2.05) is 12.1 Å². The van der Waals surface area contributed by atoms with Crippen LogP contribution in [0.5, 0.6) is 0 Å². The van der Waals surface area contributed by atoms with Crippen LogP contribution in [0.15, 0.2) is 29.8 Å². The van der Waals surface area contributed by atoms with Gasteiger partial charge in [-0.05, 0) is 44.5 Å². The molecule has 1 rings (SSSR count). The van der Waals surface area contributed by atoms with Crippen molar-refractivity contribution in [3.63, 3.8) is 0 Å². The molecule has 1 aromatic rings. The Bertz CT molecular complexity index is 378. The van der Waals surface area contributed by atoms with Crippen molar-refractivity contribution < 1.29 is 0 Å². The second-order valence-electron chi connectivity index (χ2n) is 4.23. The molecule has 0 aliphatic heterocycles. The fourth-order valence-electron chi connectivity index (χ4n) is 1.77. The zero-order valence-corrected chi connectivity index (χ0v) is 11.2. The number of rotatable bonds is 4. The second kappa shape index (κ2) is 6.07. The number of halogens is 1. The van der Waals surface area contributed by atoms with Crippen molar-refractivity contribution in [2.45, 2.75) is 33.7 Å². The Morgan fingerprint density at radius 3 is 2.69 bits per heavy atom. The van der Waals surface area contributed by atoms with Gasteiger partial charge in [-0.2, -0.15) is 0 Å². The maximum absolute atomic E-state index is 6.15. The SMILES string of the molecule is CCNC(C=C(C)C)c1cccc(Cl)c1C. The van der Waals surface area contributed by atoms with Gasteiger partial charge in [0, 0.05) is 5.02 Å². The molecule has 2 heteroatoms. The molecule has 0 aromatic heterocycles. The van der Waals surface area contributed by atoms with E-state index < -0.39 is 0 Å². The van der Waals surface area contributed by atoms with Crippen LogP contribution in [-0.2, 0) is 0 Å². The minimum atomic E-state index is 0.258. The fourth-order valence-corrected chi connectivity index (χ4v) is 1.95. The number of likely N-dealkylation sites (N-methyl/N-ethyl adjacent to an activating group) is 1. The Morgan fingerprint density at radius 1 is 1.44 bits per heavy atom. The van der Waals surface area contributed by atoms with Gasteiger partial charge >= 0.3 is 0 Å². The van der Waals surface area contributed by atoms with Crippen LogP contribution in [0.3, 0.4) is 0 Å².